The van der Waals surface area contributed by atoms with Crippen LogP contribution in [0.5, 0.6) is 0 Å². The Kier molecular flexibility index (Phi) is 5.50. The summed E-state index contributed by atoms with van der Waals surface area (Å²) in [7, 11) is 0. The van der Waals surface area contributed by atoms with Crippen molar-refractivity contribution in [2.75, 3.05) is 5.32 Å². The van der Waals surface area contributed by atoms with E-state index in [1.807, 2.05) is 18.2 Å². The van der Waals surface area contributed by atoms with Crippen LogP contribution in [0, 0.1) is 0 Å². The summed E-state index contributed by atoms with van der Waals surface area (Å²) in [6.07, 6.45) is 0.530. The Morgan fingerprint density at radius 1 is 1.12 bits per heavy atom. The summed E-state index contributed by atoms with van der Waals surface area (Å²) in [6, 6.07) is 12.4. The molecule has 24 heavy (non-hydrogen) atoms. The molecular formula is C16H10BrCl2N3OS. The minimum absolute atomic E-state index is 0.227. The second kappa shape index (κ2) is 7.61. The van der Waals surface area contributed by atoms with Gasteiger partial charge in [-0.15, -0.1) is 10.2 Å². The largest absolute Gasteiger partial charge is 0.296 e. The van der Waals surface area contributed by atoms with Crippen molar-refractivity contribution in [3.05, 3.63) is 73.1 Å². The van der Waals surface area contributed by atoms with Crippen LogP contribution in [0.15, 0.2) is 46.9 Å². The number of hydrogen-bond donors (Lipinski definition) is 1. The van der Waals surface area contributed by atoms with Gasteiger partial charge in [-0.3, -0.25) is 10.1 Å². The van der Waals surface area contributed by atoms with Crippen LogP contribution in [0.25, 0.3) is 0 Å². The van der Waals surface area contributed by atoms with Gasteiger partial charge in [0.1, 0.15) is 5.01 Å². The molecule has 1 heterocycles. The zero-order chi connectivity index (χ0) is 17.1. The Morgan fingerprint density at radius 3 is 2.58 bits per heavy atom. The van der Waals surface area contributed by atoms with Gasteiger partial charge in [0.25, 0.3) is 5.91 Å². The Bertz CT molecular complexity index is 883. The minimum atomic E-state index is -0.227. The Morgan fingerprint density at radius 2 is 1.88 bits per heavy atom. The molecule has 0 aliphatic heterocycles. The van der Waals surface area contributed by atoms with Gasteiger partial charge in [0.2, 0.25) is 5.13 Å². The number of hydrogen-bond acceptors (Lipinski definition) is 4. The number of nitrogens with zero attached hydrogens (tertiary/aromatic N) is 2. The predicted octanol–water partition coefficient (Wildman–Crippen LogP) is 5.45. The van der Waals surface area contributed by atoms with Gasteiger partial charge in [0, 0.05) is 26.5 Å². The topological polar surface area (TPSA) is 54.9 Å². The van der Waals surface area contributed by atoms with E-state index in [9.17, 15) is 4.79 Å². The molecule has 0 fully saturated rings. The van der Waals surface area contributed by atoms with Gasteiger partial charge in [-0.2, -0.15) is 0 Å². The molecule has 0 saturated heterocycles. The fourth-order valence-corrected chi connectivity index (χ4v) is 3.47. The number of anilines is 1. The van der Waals surface area contributed by atoms with Crippen LogP contribution < -0.4 is 5.32 Å². The van der Waals surface area contributed by atoms with Crippen LogP contribution in [0.1, 0.15) is 20.9 Å². The molecule has 1 N–H and O–H groups in total. The van der Waals surface area contributed by atoms with Crippen molar-refractivity contribution in [3.8, 4) is 0 Å². The molecular weight excluding hydrogens is 433 g/mol. The Hall–Kier alpha value is -1.47. The zero-order valence-electron chi connectivity index (χ0n) is 12.1. The number of rotatable bonds is 4. The van der Waals surface area contributed by atoms with Crippen molar-refractivity contribution in [2.24, 2.45) is 0 Å². The lowest BCUT2D eigenvalue weighted by Gasteiger charge is -2.02. The summed E-state index contributed by atoms with van der Waals surface area (Å²) in [5.41, 5.74) is 1.46. The summed E-state index contributed by atoms with van der Waals surface area (Å²) in [6.45, 7) is 0. The van der Waals surface area contributed by atoms with Gasteiger partial charge in [-0.25, -0.2) is 0 Å². The van der Waals surface area contributed by atoms with E-state index < -0.39 is 0 Å². The molecule has 0 radical (unpaired) electrons. The van der Waals surface area contributed by atoms with Gasteiger partial charge in [0.15, 0.2) is 0 Å². The lowest BCUT2D eigenvalue weighted by molar-refractivity contribution is 0.102. The molecule has 1 aromatic heterocycles. The summed E-state index contributed by atoms with van der Waals surface area (Å²) < 4.78 is 0.914. The molecule has 0 aliphatic rings. The molecule has 2 aromatic carbocycles. The predicted molar refractivity (Wildman–Crippen MR) is 101 cm³/mol. The van der Waals surface area contributed by atoms with Crippen molar-refractivity contribution in [2.45, 2.75) is 6.42 Å². The molecule has 3 rings (SSSR count). The quantitative estimate of drug-likeness (QED) is 0.584. The number of nitrogens with one attached hydrogen (secondary N) is 1. The van der Waals surface area contributed by atoms with Crippen molar-refractivity contribution in [1.82, 2.24) is 10.2 Å². The number of benzene rings is 2. The van der Waals surface area contributed by atoms with E-state index in [0.29, 0.717) is 27.2 Å². The van der Waals surface area contributed by atoms with Crippen molar-refractivity contribution < 1.29 is 4.79 Å². The van der Waals surface area contributed by atoms with E-state index in [0.717, 1.165) is 15.0 Å². The molecule has 0 spiro atoms. The lowest BCUT2D eigenvalue weighted by Crippen LogP contribution is -2.11. The minimum Gasteiger partial charge on any atom is -0.296 e. The fourth-order valence-electron chi connectivity index (χ4n) is 1.97. The van der Waals surface area contributed by atoms with Crippen molar-refractivity contribution >= 4 is 61.5 Å². The summed E-state index contributed by atoms with van der Waals surface area (Å²) in [5, 5.41) is 13.2. The first-order chi connectivity index (χ1) is 11.5. The molecule has 0 unspecified atom stereocenters. The van der Waals surface area contributed by atoms with Gasteiger partial charge in [0.05, 0.1) is 0 Å². The second-order valence-electron chi connectivity index (χ2n) is 4.87. The van der Waals surface area contributed by atoms with Crippen LogP contribution in [-0.4, -0.2) is 16.1 Å². The van der Waals surface area contributed by atoms with E-state index in [-0.39, 0.29) is 5.91 Å². The number of amides is 1. The van der Waals surface area contributed by atoms with E-state index in [4.69, 9.17) is 23.2 Å². The maximum atomic E-state index is 12.2. The molecule has 0 aliphatic carbocycles. The number of aromatic nitrogens is 2. The number of halogens is 3. The van der Waals surface area contributed by atoms with Crippen LogP contribution in [-0.2, 0) is 6.42 Å². The third-order valence-corrected chi connectivity index (χ3v) is 5.10. The second-order valence-corrected chi connectivity index (χ2v) is 7.70. The molecule has 4 nitrogen and oxygen atoms in total. The van der Waals surface area contributed by atoms with Crippen molar-refractivity contribution in [3.63, 3.8) is 0 Å². The summed E-state index contributed by atoms with van der Waals surface area (Å²) in [4.78, 5) is 12.2. The number of carbonyl (C=O) groups is 1. The highest BCUT2D eigenvalue weighted by molar-refractivity contribution is 9.10. The van der Waals surface area contributed by atoms with Crippen LogP contribution in [0.3, 0.4) is 0 Å². The average molecular weight is 443 g/mol. The summed E-state index contributed by atoms with van der Waals surface area (Å²) in [5.74, 6) is -0.227. The normalized spacial score (nSPS) is 10.6. The maximum Gasteiger partial charge on any atom is 0.257 e. The first kappa shape index (κ1) is 17.4. The smallest absolute Gasteiger partial charge is 0.257 e. The van der Waals surface area contributed by atoms with Crippen LogP contribution in [0.2, 0.25) is 10.0 Å². The third kappa shape index (κ3) is 4.33. The molecule has 8 heteroatoms. The molecule has 3 aromatic rings. The SMILES string of the molecule is O=C(Nc1nnc(Cc2ccc(Cl)cc2Cl)s1)c1ccc(Br)cc1. The van der Waals surface area contributed by atoms with Crippen molar-refractivity contribution in [1.29, 1.82) is 0 Å². The summed E-state index contributed by atoms with van der Waals surface area (Å²) >= 11 is 16.7. The number of carbonyl (C=O) groups excluding carboxylic acids is 1. The first-order valence-corrected chi connectivity index (χ1v) is 9.21. The molecule has 122 valence electrons. The lowest BCUT2D eigenvalue weighted by atomic mass is 10.2. The van der Waals surface area contributed by atoms with Crippen LogP contribution in [0.4, 0.5) is 5.13 Å². The maximum absolute atomic E-state index is 12.2. The molecule has 1 amide bonds. The van der Waals surface area contributed by atoms with Gasteiger partial charge < -0.3 is 0 Å². The standard InChI is InChI=1S/C16H10BrCl2N3OS/c17-11-4-1-9(2-5-11)15(23)20-16-22-21-14(24-16)7-10-3-6-12(18)8-13(10)19/h1-6,8H,7H2,(H,20,22,23). The highest BCUT2D eigenvalue weighted by Crippen LogP contribution is 2.25. The van der Waals surface area contributed by atoms with E-state index in [1.54, 1.807) is 24.3 Å². The van der Waals surface area contributed by atoms with Gasteiger partial charge in [-0.1, -0.05) is 56.5 Å². The Balaban J connectivity index is 1.69. The third-order valence-electron chi connectivity index (χ3n) is 3.15. The van der Waals surface area contributed by atoms with E-state index in [1.165, 1.54) is 11.3 Å². The van der Waals surface area contributed by atoms with E-state index >= 15 is 0 Å². The average Bonchev–Trinajstić information content (AvgIpc) is 2.98. The first-order valence-electron chi connectivity index (χ1n) is 6.84. The highest BCUT2D eigenvalue weighted by atomic mass is 79.9. The highest BCUT2D eigenvalue weighted by Gasteiger charge is 2.12. The van der Waals surface area contributed by atoms with Gasteiger partial charge in [-0.05, 0) is 42.0 Å². The molecule has 0 bridgehead atoms. The monoisotopic (exact) mass is 441 g/mol. The zero-order valence-corrected chi connectivity index (χ0v) is 16.0. The van der Waals surface area contributed by atoms with E-state index in [2.05, 4.69) is 31.4 Å². The fraction of sp³-hybridized carbons (Fsp3) is 0.0625. The Labute approximate surface area is 161 Å². The van der Waals surface area contributed by atoms with Gasteiger partial charge >= 0.3 is 0 Å². The molecule has 0 saturated carbocycles. The molecule has 0 atom stereocenters. The van der Waals surface area contributed by atoms with Crippen LogP contribution >= 0.6 is 50.5 Å².